The van der Waals surface area contributed by atoms with E-state index in [1.165, 1.54) is 0 Å². The van der Waals surface area contributed by atoms with Crippen LogP contribution in [0, 0.1) is 0 Å². The Labute approximate surface area is 188 Å². The van der Waals surface area contributed by atoms with E-state index in [0.717, 1.165) is 35.7 Å². The topological polar surface area (TPSA) is 89.9 Å². The van der Waals surface area contributed by atoms with Gasteiger partial charge in [0, 0.05) is 64.6 Å². The van der Waals surface area contributed by atoms with Crippen LogP contribution in [0.15, 0.2) is 36.4 Å². The van der Waals surface area contributed by atoms with Gasteiger partial charge in [-0.25, -0.2) is 9.97 Å². The van der Waals surface area contributed by atoms with Gasteiger partial charge in [0.2, 0.25) is 11.8 Å². The van der Waals surface area contributed by atoms with Gasteiger partial charge in [-0.3, -0.25) is 9.59 Å². The number of hydrogen-bond acceptors (Lipinski definition) is 6. The average Bonchev–Trinajstić information content (AvgIpc) is 3.19. The number of hydrogen-bond donors (Lipinski definition) is 1. The summed E-state index contributed by atoms with van der Waals surface area (Å²) in [5, 5.41) is 9.11. The van der Waals surface area contributed by atoms with Gasteiger partial charge in [0.15, 0.2) is 0 Å². The molecular weight excluding hydrogens is 406 g/mol. The first-order valence-corrected chi connectivity index (χ1v) is 11.2. The molecule has 2 amide bonds. The molecule has 3 heterocycles. The van der Waals surface area contributed by atoms with E-state index in [2.05, 4.69) is 0 Å². The second-order valence-electron chi connectivity index (χ2n) is 8.88. The summed E-state index contributed by atoms with van der Waals surface area (Å²) in [6.45, 7) is 2.02. The molecule has 0 bridgehead atoms. The Kier molecular flexibility index (Phi) is 6.69. The molecule has 8 nitrogen and oxygen atoms in total. The molecule has 0 saturated carbocycles. The summed E-state index contributed by atoms with van der Waals surface area (Å²) in [4.78, 5) is 39.8. The van der Waals surface area contributed by atoms with Crippen LogP contribution in [0.3, 0.4) is 0 Å². The summed E-state index contributed by atoms with van der Waals surface area (Å²) in [6.07, 6.45) is 2.00. The molecule has 4 rings (SSSR count). The molecule has 2 aliphatic heterocycles. The number of aliphatic hydroxyl groups excluding tert-OH is 1. The highest BCUT2D eigenvalue weighted by atomic mass is 16.3. The number of piperidine rings is 1. The van der Waals surface area contributed by atoms with Crippen LogP contribution in [-0.4, -0.2) is 77.0 Å². The number of anilines is 1. The third-order valence-electron chi connectivity index (χ3n) is 6.41. The molecule has 1 N–H and O–H groups in total. The summed E-state index contributed by atoms with van der Waals surface area (Å²) < 4.78 is 0. The van der Waals surface area contributed by atoms with E-state index in [1.54, 1.807) is 4.90 Å². The number of likely N-dealkylation sites (tertiary alicyclic amines) is 2. The Morgan fingerprint density at radius 2 is 1.84 bits per heavy atom. The monoisotopic (exact) mass is 437 g/mol. The van der Waals surface area contributed by atoms with Gasteiger partial charge < -0.3 is 19.8 Å². The van der Waals surface area contributed by atoms with E-state index in [-0.39, 0.29) is 23.7 Å². The van der Waals surface area contributed by atoms with Crippen molar-refractivity contribution < 1.29 is 14.7 Å². The molecule has 2 aliphatic rings. The van der Waals surface area contributed by atoms with Crippen LogP contribution in [-0.2, 0) is 16.1 Å². The van der Waals surface area contributed by atoms with Crippen LogP contribution in [0.4, 0.5) is 5.82 Å². The van der Waals surface area contributed by atoms with Gasteiger partial charge in [0.05, 0.1) is 5.69 Å². The predicted octanol–water partition coefficient (Wildman–Crippen LogP) is 1.76. The number of amides is 2. The number of aliphatic hydroxyl groups is 1. The Hall–Kier alpha value is -3.00. The Morgan fingerprint density at radius 1 is 1.12 bits per heavy atom. The highest BCUT2D eigenvalue weighted by Gasteiger charge is 2.33. The highest BCUT2D eigenvalue weighted by molar-refractivity contribution is 5.79. The van der Waals surface area contributed by atoms with Crippen molar-refractivity contribution in [3.05, 3.63) is 53.5 Å². The fraction of sp³-hybridized carbons (Fsp3) is 0.500. The minimum absolute atomic E-state index is 0.0442. The minimum Gasteiger partial charge on any atom is -0.387 e. The molecular formula is C24H31N5O3. The lowest BCUT2D eigenvalue weighted by Gasteiger charge is -2.31. The summed E-state index contributed by atoms with van der Waals surface area (Å²) in [6, 6.07) is 12.0. The van der Waals surface area contributed by atoms with Gasteiger partial charge in [-0.2, -0.15) is 0 Å². The third-order valence-corrected chi connectivity index (χ3v) is 6.41. The largest absolute Gasteiger partial charge is 0.387 e. The fourth-order valence-corrected chi connectivity index (χ4v) is 4.51. The van der Waals surface area contributed by atoms with Crippen LogP contribution >= 0.6 is 0 Å². The normalized spacial score (nSPS) is 19.5. The lowest BCUT2D eigenvalue weighted by molar-refractivity contribution is -0.135. The molecule has 2 fully saturated rings. The van der Waals surface area contributed by atoms with Crippen molar-refractivity contribution in [3.63, 3.8) is 0 Å². The fourth-order valence-electron chi connectivity index (χ4n) is 4.51. The summed E-state index contributed by atoms with van der Waals surface area (Å²) in [5.41, 5.74) is 2.04. The first-order valence-electron chi connectivity index (χ1n) is 11.2. The maximum Gasteiger partial charge on any atom is 0.248 e. The van der Waals surface area contributed by atoms with E-state index in [0.29, 0.717) is 32.6 Å². The Bertz CT molecular complexity index is 957. The molecule has 32 heavy (non-hydrogen) atoms. The molecule has 1 aromatic heterocycles. The van der Waals surface area contributed by atoms with Crippen LogP contribution in [0.25, 0.3) is 0 Å². The smallest absolute Gasteiger partial charge is 0.248 e. The first kappa shape index (κ1) is 22.2. The maximum atomic E-state index is 12.7. The highest BCUT2D eigenvalue weighted by Crippen LogP contribution is 2.32. The second kappa shape index (κ2) is 9.65. The minimum atomic E-state index is -0.448. The first-order chi connectivity index (χ1) is 15.4. The van der Waals surface area contributed by atoms with Crippen LogP contribution in [0.5, 0.6) is 0 Å². The van der Waals surface area contributed by atoms with Crippen LogP contribution in [0.1, 0.15) is 48.2 Å². The lowest BCUT2D eigenvalue weighted by Crippen LogP contribution is -2.39. The molecule has 0 radical (unpaired) electrons. The van der Waals surface area contributed by atoms with Crippen molar-refractivity contribution in [3.8, 4) is 0 Å². The molecule has 2 saturated heterocycles. The standard InChI is InChI=1S/C24H31N5O3/c1-27(2)21-13-20(19-12-22(31)29(15-19)14-17-6-4-3-5-7-17)25-24(26-21)18-8-10-28(11-9-18)23(32)16-30/h3-7,13,18-19,30H,8-12,14-16H2,1-2H3/t19-/m1/s1. The number of carbonyl (C=O) groups is 2. The number of aromatic nitrogens is 2. The van der Waals surface area contributed by atoms with E-state index in [1.807, 2.05) is 60.3 Å². The second-order valence-corrected chi connectivity index (χ2v) is 8.88. The van der Waals surface area contributed by atoms with Crippen LogP contribution in [0.2, 0.25) is 0 Å². The van der Waals surface area contributed by atoms with Gasteiger partial charge in [0.25, 0.3) is 0 Å². The predicted molar refractivity (Wildman–Crippen MR) is 121 cm³/mol. The van der Waals surface area contributed by atoms with Crippen molar-refractivity contribution in [2.45, 2.75) is 37.6 Å². The molecule has 0 spiro atoms. The molecule has 1 atom stereocenters. The van der Waals surface area contributed by atoms with Gasteiger partial charge in [-0.1, -0.05) is 30.3 Å². The van der Waals surface area contributed by atoms with E-state index >= 15 is 0 Å². The van der Waals surface area contributed by atoms with E-state index in [9.17, 15) is 9.59 Å². The maximum absolute atomic E-state index is 12.7. The van der Waals surface area contributed by atoms with Crippen molar-refractivity contribution >= 4 is 17.6 Å². The van der Waals surface area contributed by atoms with Crippen molar-refractivity contribution in [2.24, 2.45) is 0 Å². The SMILES string of the molecule is CN(C)c1cc([C@@H]2CC(=O)N(Cc3ccccc3)C2)nc(C2CCN(C(=O)CO)CC2)n1. The summed E-state index contributed by atoms with van der Waals surface area (Å²) >= 11 is 0. The number of rotatable bonds is 6. The van der Waals surface area contributed by atoms with Crippen molar-refractivity contribution in [2.75, 3.05) is 45.2 Å². The molecule has 2 aromatic rings. The van der Waals surface area contributed by atoms with Gasteiger partial charge in [-0.15, -0.1) is 0 Å². The average molecular weight is 438 g/mol. The molecule has 8 heteroatoms. The third kappa shape index (κ3) is 4.91. The summed E-state index contributed by atoms with van der Waals surface area (Å²) in [7, 11) is 3.92. The molecule has 170 valence electrons. The lowest BCUT2D eigenvalue weighted by atomic mass is 9.95. The molecule has 1 aromatic carbocycles. The summed E-state index contributed by atoms with van der Waals surface area (Å²) in [5.74, 6) is 1.76. The van der Waals surface area contributed by atoms with Gasteiger partial charge in [0.1, 0.15) is 18.2 Å². The van der Waals surface area contributed by atoms with E-state index in [4.69, 9.17) is 15.1 Å². The molecule has 0 unspecified atom stereocenters. The number of carbonyl (C=O) groups excluding carboxylic acids is 2. The Morgan fingerprint density at radius 3 is 2.50 bits per heavy atom. The molecule has 0 aliphatic carbocycles. The number of benzene rings is 1. The zero-order chi connectivity index (χ0) is 22.7. The quantitative estimate of drug-likeness (QED) is 0.741. The van der Waals surface area contributed by atoms with Gasteiger partial charge >= 0.3 is 0 Å². The zero-order valence-corrected chi connectivity index (χ0v) is 18.8. The van der Waals surface area contributed by atoms with E-state index < -0.39 is 6.61 Å². The zero-order valence-electron chi connectivity index (χ0n) is 18.8. The van der Waals surface area contributed by atoms with Crippen molar-refractivity contribution in [1.29, 1.82) is 0 Å². The van der Waals surface area contributed by atoms with Crippen molar-refractivity contribution in [1.82, 2.24) is 19.8 Å². The number of nitrogens with zero attached hydrogens (tertiary/aromatic N) is 5. The van der Waals surface area contributed by atoms with Crippen LogP contribution < -0.4 is 4.90 Å². The Balaban J connectivity index is 1.51. The van der Waals surface area contributed by atoms with Gasteiger partial charge in [-0.05, 0) is 18.4 Å².